The second kappa shape index (κ2) is 4.70. The molecule has 6 heteroatoms. The third kappa shape index (κ3) is 2.46. The van der Waals surface area contributed by atoms with Crippen molar-refractivity contribution in [1.82, 2.24) is 9.78 Å². The van der Waals surface area contributed by atoms with Crippen LogP contribution in [0.5, 0.6) is 0 Å². The average Bonchev–Trinajstić information content (AvgIpc) is 2.63. The summed E-state index contributed by atoms with van der Waals surface area (Å²) in [5.74, 6) is -0.271. The summed E-state index contributed by atoms with van der Waals surface area (Å²) in [6.07, 6.45) is 0. The lowest BCUT2D eigenvalue weighted by molar-refractivity contribution is 0.101. The molecule has 0 fully saturated rings. The molecule has 1 aromatic heterocycles. The molecule has 0 aliphatic heterocycles. The lowest BCUT2D eigenvalue weighted by Crippen LogP contribution is -2.16. The van der Waals surface area contributed by atoms with Gasteiger partial charge in [-0.3, -0.25) is 9.48 Å². The average molecular weight is 265 g/mol. The highest BCUT2D eigenvalue weighted by Gasteiger charge is 2.13. The van der Waals surface area contributed by atoms with Gasteiger partial charge >= 0.3 is 0 Å². The molecule has 2 rings (SSSR count). The maximum absolute atomic E-state index is 12.0. The minimum Gasteiger partial charge on any atom is -0.397 e. The Morgan fingerprint density at radius 1 is 1.44 bits per heavy atom. The van der Waals surface area contributed by atoms with Gasteiger partial charge in [-0.2, -0.15) is 5.10 Å². The second-order valence-corrected chi connectivity index (χ2v) is 4.42. The molecule has 0 bridgehead atoms. The van der Waals surface area contributed by atoms with Crippen molar-refractivity contribution in [3.63, 3.8) is 0 Å². The van der Waals surface area contributed by atoms with E-state index in [1.165, 1.54) is 4.68 Å². The molecule has 1 amide bonds. The Labute approximate surface area is 110 Å². The number of anilines is 2. The van der Waals surface area contributed by atoms with E-state index in [0.717, 1.165) is 5.69 Å². The lowest BCUT2D eigenvalue weighted by Gasteiger charge is -2.08. The molecule has 0 atom stereocenters. The fourth-order valence-corrected chi connectivity index (χ4v) is 1.82. The quantitative estimate of drug-likeness (QED) is 0.817. The number of aryl methyl sites for hydroxylation is 2. The molecule has 0 unspecified atom stereocenters. The number of carbonyl (C=O) groups excluding carboxylic acids is 1. The topological polar surface area (TPSA) is 72.9 Å². The molecule has 0 spiro atoms. The number of rotatable bonds is 2. The van der Waals surface area contributed by atoms with Gasteiger partial charge in [-0.15, -0.1) is 0 Å². The summed E-state index contributed by atoms with van der Waals surface area (Å²) in [5.41, 5.74) is 7.96. The summed E-state index contributed by atoms with van der Waals surface area (Å²) >= 11 is 5.86. The first-order valence-corrected chi connectivity index (χ1v) is 5.72. The van der Waals surface area contributed by atoms with Gasteiger partial charge in [0.15, 0.2) is 0 Å². The number of hydrogen-bond donors (Lipinski definition) is 2. The van der Waals surface area contributed by atoms with Crippen LogP contribution in [0.1, 0.15) is 16.2 Å². The number of hydrogen-bond acceptors (Lipinski definition) is 3. The van der Waals surface area contributed by atoms with Gasteiger partial charge in [0.05, 0.1) is 17.1 Å². The largest absolute Gasteiger partial charge is 0.397 e. The van der Waals surface area contributed by atoms with E-state index in [1.54, 1.807) is 31.3 Å². The standard InChI is InChI=1S/C12H13ClN4O/c1-7-5-11(17(2)16-7)12(18)15-10-6-8(13)3-4-9(10)14/h3-6H,14H2,1-2H3,(H,15,18). The second-order valence-electron chi connectivity index (χ2n) is 3.98. The molecule has 18 heavy (non-hydrogen) atoms. The van der Waals surface area contributed by atoms with E-state index in [4.69, 9.17) is 17.3 Å². The molecule has 1 aromatic carbocycles. The van der Waals surface area contributed by atoms with Crippen LogP contribution in [-0.2, 0) is 7.05 Å². The normalized spacial score (nSPS) is 10.4. The zero-order chi connectivity index (χ0) is 13.3. The van der Waals surface area contributed by atoms with Gasteiger partial charge in [-0.25, -0.2) is 0 Å². The number of amides is 1. The predicted octanol–water partition coefficient (Wildman–Crippen LogP) is 2.22. The molecule has 1 heterocycles. The van der Waals surface area contributed by atoms with Gasteiger partial charge in [-0.05, 0) is 31.2 Å². The monoisotopic (exact) mass is 264 g/mol. The maximum atomic E-state index is 12.0. The number of carbonyl (C=O) groups is 1. The van der Waals surface area contributed by atoms with E-state index in [9.17, 15) is 4.79 Å². The van der Waals surface area contributed by atoms with Crippen LogP contribution in [0.25, 0.3) is 0 Å². The summed E-state index contributed by atoms with van der Waals surface area (Å²) < 4.78 is 1.52. The van der Waals surface area contributed by atoms with Gasteiger partial charge in [0.2, 0.25) is 0 Å². The Bertz CT molecular complexity index is 606. The van der Waals surface area contributed by atoms with Crippen molar-refractivity contribution in [3.8, 4) is 0 Å². The van der Waals surface area contributed by atoms with E-state index < -0.39 is 0 Å². The van der Waals surface area contributed by atoms with Crippen LogP contribution in [0.2, 0.25) is 5.02 Å². The molecule has 94 valence electrons. The zero-order valence-electron chi connectivity index (χ0n) is 10.1. The Hall–Kier alpha value is -2.01. The fraction of sp³-hybridized carbons (Fsp3) is 0.167. The molecule has 0 radical (unpaired) electrons. The molecule has 5 nitrogen and oxygen atoms in total. The molecule has 0 saturated carbocycles. The van der Waals surface area contributed by atoms with Crippen LogP contribution in [0.4, 0.5) is 11.4 Å². The van der Waals surface area contributed by atoms with Crippen LogP contribution >= 0.6 is 11.6 Å². The third-order valence-corrected chi connectivity index (χ3v) is 2.73. The van der Waals surface area contributed by atoms with E-state index >= 15 is 0 Å². The van der Waals surface area contributed by atoms with Gasteiger partial charge < -0.3 is 11.1 Å². The number of aromatic nitrogens is 2. The van der Waals surface area contributed by atoms with Crippen molar-refractivity contribution in [1.29, 1.82) is 0 Å². The van der Waals surface area contributed by atoms with Crippen molar-refractivity contribution in [3.05, 3.63) is 40.7 Å². The molecular formula is C12H13ClN4O. The van der Waals surface area contributed by atoms with Crippen molar-refractivity contribution in [2.45, 2.75) is 6.92 Å². The van der Waals surface area contributed by atoms with Crippen molar-refractivity contribution < 1.29 is 4.79 Å². The SMILES string of the molecule is Cc1cc(C(=O)Nc2cc(Cl)ccc2N)n(C)n1. The summed E-state index contributed by atoms with van der Waals surface area (Å²) in [6, 6.07) is 6.63. The summed E-state index contributed by atoms with van der Waals surface area (Å²) in [5, 5.41) is 7.34. The summed E-state index contributed by atoms with van der Waals surface area (Å²) in [6.45, 7) is 1.82. The molecule has 0 aliphatic rings. The van der Waals surface area contributed by atoms with Crippen LogP contribution < -0.4 is 11.1 Å². The van der Waals surface area contributed by atoms with Crippen LogP contribution in [0.15, 0.2) is 24.3 Å². The van der Waals surface area contributed by atoms with Crippen molar-refractivity contribution in [2.24, 2.45) is 7.05 Å². The number of nitrogens with one attached hydrogen (secondary N) is 1. The van der Waals surface area contributed by atoms with Crippen LogP contribution in [-0.4, -0.2) is 15.7 Å². The molecule has 2 aromatic rings. The zero-order valence-corrected chi connectivity index (χ0v) is 10.8. The molecule has 0 saturated heterocycles. The Balaban J connectivity index is 2.26. The first-order valence-electron chi connectivity index (χ1n) is 5.34. The Morgan fingerprint density at radius 2 is 2.17 bits per heavy atom. The minimum absolute atomic E-state index is 0.271. The number of benzene rings is 1. The molecule has 0 aliphatic carbocycles. The summed E-state index contributed by atoms with van der Waals surface area (Å²) in [7, 11) is 1.71. The van der Waals surface area contributed by atoms with Gasteiger partial charge in [-0.1, -0.05) is 11.6 Å². The minimum atomic E-state index is -0.271. The number of nitrogens with two attached hydrogens (primary N) is 1. The van der Waals surface area contributed by atoms with Gasteiger partial charge in [0.25, 0.3) is 5.91 Å². The van der Waals surface area contributed by atoms with E-state index in [1.807, 2.05) is 6.92 Å². The third-order valence-electron chi connectivity index (χ3n) is 2.50. The van der Waals surface area contributed by atoms with Gasteiger partial charge in [0.1, 0.15) is 5.69 Å². The number of nitrogens with zero attached hydrogens (tertiary/aromatic N) is 2. The van der Waals surface area contributed by atoms with Crippen LogP contribution in [0.3, 0.4) is 0 Å². The van der Waals surface area contributed by atoms with E-state index in [2.05, 4.69) is 10.4 Å². The van der Waals surface area contributed by atoms with Gasteiger partial charge in [0, 0.05) is 12.1 Å². The molecular weight excluding hydrogens is 252 g/mol. The van der Waals surface area contributed by atoms with Crippen molar-refractivity contribution in [2.75, 3.05) is 11.1 Å². The summed E-state index contributed by atoms with van der Waals surface area (Å²) in [4.78, 5) is 12.0. The van der Waals surface area contributed by atoms with Crippen LogP contribution in [0, 0.1) is 6.92 Å². The Kier molecular flexibility index (Phi) is 3.25. The first-order chi connectivity index (χ1) is 8.47. The van der Waals surface area contributed by atoms with E-state index in [-0.39, 0.29) is 5.91 Å². The Morgan fingerprint density at radius 3 is 2.78 bits per heavy atom. The number of halogens is 1. The highest BCUT2D eigenvalue weighted by atomic mass is 35.5. The van der Waals surface area contributed by atoms with Crippen molar-refractivity contribution >= 4 is 28.9 Å². The number of nitrogen functional groups attached to an aromatic ring is 1. The fourth-order valence-electron chi connectivity index (χ4n) is 1.65. The smallest absolute Gasteiger partial charge is 0.273 e. The van der Waals surface area contributed by atoms with E-state index in [0.29, 0.717) is 22.1 Å². The lowest BCUT2D eigenvalue weighted by atomic mass is 10.2. The first kappa shape index (κ1) is 12.4. The maximum Gasteiger partial charge on any atom is 0.273 e. The highest BCUT2D eigenvalue weighted by molar-refractivity contribution is 6.31. The highest BCUT2D eigenvalue weighted by Crippen LogP contribution is 2.23. The predicted molar refractivity (Wildman–Crippen MR) is 71.8 cm³/mol. The molecule has 3 N–H and O–H groups in total.